The summed E-state index contributed by atoms with van der Waals surface area (Å²) < 4.78 is 0. The number of nitrogens with one attached hydrogen (secondary N) is 1. The molecule has 17 heavy (non-hydrogen) atoms. The third-order valence-corrected chi connectivity index (χ3v) is 3.14. The first-order valence-electron chi connectivity index (χ1n) is 5.55. The molecule has 3 rings (SSSR count). The number of nitrogens with zero attached hydrogens (tertiary/aromatic N) is 2. The van der Waals surface area contributed by atoms with Gasteiger partial charge < -0.3 is 5.32 Å². The first kappa shape index (κ1) is 10.5. The first-order valence-corrected chi connectivity index (χ1v) is 5.93. The van der Waals surface area contributed by atoms with Crippen molar-refractivity contribution in [3.05, 3.63) is 52.8 Å². The minimum Gasteiger partial charge on any atom is -0.360 e. The normalized spacial score (nSPS) is 26.0. The number of allylic oxidation sites excluding steroid dienone is 2. The van der Waals surface area contributed by atoms with Gasteiger partial charge in [0.15, 0.2) is 0 Å². The highest BCUT2D eigenvalue weighted by molar-refractivity contribution is 6.30. The number of rotatable bonds is 1. The summed E-state index contributed by atoms with van der Waals surface area (Å²) in [4.78, 5) is 8.90. The number of pyridine rings is 1. The lowest BCUT2D eigenvalue weighted by Gasteiger charge is -2.15. The van der Waals surface area contributed by atoms with Crippen molar-refractivity contribution in [1.29, 1.82) is 0 Å². The third kappa shape index (κ3) is 1.98. The fourth-order valence-corrected chi connectivity index (χ4v) is 2.16. The van der Waals surface area contributed by atoms with E-state index in [0.29, 0.717) is 5.02 Å². The Bertz CT molecular complexity index is 528. The van der Waals surface area contributed by atoms with Gasteiger partial charge in [0.2, 0.25) is 0 Å². The van der Waals surface area contributed by atoms with Gasteiger partial charge in [-0.2, -0.15) is 0 Å². The Morgan fingerprint density at radius 3 is 3.00 bits per heavy atom. The predicted octanol–water partition coefficient (Wildman–Crippen LogP) is 2.34. The maximum absolute atomic E-state index is 5.82. The molecule has 2 aliphatic rings. The first-order chi connectivity index (χ1) is 8.22. The van der Waals surface area contributed by atoms with Crippen LogP contribution >= 0.6 is 11.6 Å². The average Bonchev–Trinajstić information content (AvgIpc) is 2.72. The molecular weight excluding hydrogens is 234 g/mol. The molecule has 0 spiro atoms. The minimum absolute atomic E-state index is 0.187. The molecule has 2 atom stereocenters. The van der Waals surface area contributed by atoms with E-state index < -0.39 is 0 Å². The zero-order valence-electron chi connectivity index (χ0n) is 9.39. The van der Waals surface area contributed by atoms with Crippen molar-refractivity contribution in [2.75, 3.05) is 0 Å². The summed E-state index contributed by atoms with van der Waals surface area (Å²) in [5.41, 5.74) is 2.09. The van der Waals surface area contributed by atoms with Gasteiger partial charge in [-0.1, -0.05) is 35.4 Å². The fourth-order valence-electron chi connectivity index (χ4n) is 2.05. The molecule has 2 unspecified atom stereocenters. The molecule has 4 heteroatoms. The molecular formula is C13H12ClN3. The lowest BCUT2D eigenvalue weighted by atomic mass is 10.0. The molecule has 1 aliphatic heterocycles. The number of fused-ring (bicyclic) bond motifs is 1. The summed E-state index contributed by atoms with van der Waals surface area (Å²) in [5, 5.41) is 4.00. The maximum atomic E-state index is 5.82. The number of hydrogen-bond acceptors (Lipinski definition) is 3. The fraction of sp³-hybridized carbons (Fsp3) is 0.231. The zero-order valence-corrected chi connectivity index (χ0v) is 10.1. The smallest absolute Gasteiger partial charge is 0.148 e. The van der Waals surface area contributed by atoms with Gasteiger partial charge in [-0.15, -0.1) is 0 Å². The van der Waals surface area contributed by atoms with Crippen LogP contribution < -0.4 is 5.32 Å². The minimum atomic E-state index is 0.187. The van der Waals surface area contributed by atoms with E-state index in [-0.39, 0.29) is 12.1 Å². The van der Waals surface area contributed by atoms with Crippen molar-refractivity contribution < 1.29 is 0 Å². The van der Waals surface area contributed by atoms with Crippen molar-refractivity contribution in [3.8, 4) is 0 Å². The van der Waals surface area contributed by atoms with E-state index in [2.05, 4.69) is 40.4 Å². The van der Waals surface area contributed by atoms with E-state index in [0.717, 1.165) is 11.5 Å². The Morgan fingerprint density at radius 2 is 2.24 bits per heavy atom. The van der Waals surface area contributed by atoms with Crippen molar-refractivity contribution in [2.45, 2.75) is 19.0 Å². The van der Waals surface area contributed by atoms with E-state index in [1.807, 2.05) is 12.1 Å². The molecule has 0 amide bonds. The van der Waals surface area contributed by atoms with Crippen LogP contribution in [0.5, 0.6) is 0 Å². The molecule has 0 bridgehead atoms. The van der Waals surface area contributed by atoms with Gasteiger partial charge in [0.1, 0.15) is 11.5 Å². The highest BCUT2D eigenvalue weighted by Gasteiger charge is 2.27. The Morgan fingerprint density at radius 1 is 1.35 bits per heavy atom. The summed E-state index contributed by atoms with van der Waals surface area (Å²) in [5.74, 6) is 0.840. The van der Waals surface area contributed by atoms with E-state index in [9.17, 15) is 0 Å². The highest BCUT2D eigenvalue weighted by Crippen LogP contribution is 2.20. The van der Waals surface area contributed by atoms with Crippen molar-refractivity contribution in [1.82, 2.24) is 10.3 Å². The lowest BCUT2D eigenvalue weighted by Crippen LogP contribution is -2.33. The molecule has 86 valence electrons. The van der Waals surface area contributed by atoms with Crippen LogP contribution in [0.1, 0.15) is 12.6 Å². The molecule has 1 aromatic heterocycles. The highest BCUT2D eigenvalue weighted by atomic mass is 35.5. The van der Waals surface area contributed by atoms with Gasteiger partial charge in [-0.3, -0.25) is 9.98 Å². The molecule has 0 saturated carbocycles. The molecule has 2 heterocycles. The third-order valence-electron chi connectivity index (χ3n) is 2.92. The Labute approximate surface area is 105 Å². The number of aliphatic imine (C=N–C) groups is 1. The monoisotopic (exact) mass is 245 g/mol. The zero-order chi connectivity index (χ0) is 11.8. The molecule has 0 saturated heterocycles. The van der Waals surface area contributed by atoms with E-state index in [1.54, 1.807) is 6.20 Å². The van der Waals surface area contributed by atoms with Crippen LogP contribution in [0, 0.1) is 0 Å². The number of halogens is 1. The van der Waals surface area contributed by atoms with E-state index >= 15 is 0 Å². The van der Waals surface area contributed by atoms with Gasteiger partial charge in [0, 0.05) is 6.20 Å². The molecule has 0 fully saturated rings. The van der Waals surface area contributed by atoms with Gasteiger partial charge in [0.05, 0.1) is 17.1 Å². The second-order valence-electron chi connectivity index (χ2n) is 4.27. The molecule has 1 aromatic rings. The number of hydrogen-bond donors (Lipinski definition) is 1. The summed E-state index contributed by atoms with van der Waals surface area (Å²) in [6, 6.07) is 4.15. The molecule has 0 radical (unpaired) electrons. The largest absolute Gasteiger partial charge is 0.360 e. The van der Waals surface area contributed by atoms with Gasteiger partial charge >= 0.3 is 0 Å². The summed E-state index contributed by atoms with van der Waals surface area (Å²) >= 11 is 5.82. The Hall–Kier alpha value is -1.61. The summed E-state index contributed by atoms with van der Waals surface area (Å²) in [7, 11) is 0. The quantitative estimate of drug-likeness (QED) is 0.825. The van der Waals surface area contributed by atoms with E-state index in [4.69, 9.17) is 11.6 Å². The summed E-state index contributed by atoms with van der Waals surface area (Å²) in [6.07, 6.45) is 8.06. The van der Waals surface area contributed by atoms with Crippen molar-refractivity contribution >= 4 is 17.4 Å². The van der Waals surface area contributed by atoms with E-state index in [1.165, 1.54) is 5.57 Å². The molecule has 1 aliphatic carbocycles. The van der Waals surface area contributed by atoms with Crippen LogP contribution in [-0.4, -0.2) is 22.9 Å². The Kier molecular flexibility index (Phi) is 2.48. The second-order valence-corrected chi connectivity index (χ2v) is 4.71. The topological polar surface area (TPSA) is 37.3 Å². The molecule has 1 N–H and O–H groups in total. The number of aromatic nitrogens is 1. The van der Waals surface area contributed by atoms with Gasteiger partial charge in [0.25, 0.3) is 0 Å². The SMILES string of the molecule is CC1=CC2N=C(c3ccc(Cl)cn3)NC2C=C1. The van der Waals surface area contributed by atoms with Crippen LogP contribution in [-0.2, 0) is 0 Å². The average molecular weight is 246 g/mol. The molecule has 0 aromatic carbocycles. The predicted molar refractivity (Wildman–Crippen MR) is 69.4 cm³/mol. The van der Waals surface area contributed by atoms with Gasteiger partial charge in [-0.25, -0.2) is 0 Å². The van der Waals surface area contributed by atoms with Crippen LogP contribution in [0.2, 0.25) is 5.02 Å². The lowest BCUT2D eigenvalue weighted by molar-refractivity contribution is 0.690. The maximum Gasteiger partial charge on any atom is 0.148 e. The van der Waals surface area contributed by atoms with Crippen LogP contribution in [0.15, 0.2) is 47.1 Å². The van der Waals surface area contributed by atoms with Crippen molar-refractivity contribution in [2.24, 2.45) is 4.99 Å². The second kappa shape index (κ2) is 4.00. The van der Waals surface area contributed by atoms with Crippen LogP contribution in [0.25, 0.3) is 0 Å². The number of amidine groups is 1. The van der Waals surface area contributed by atoms with Gasteiger partial charge in [-0.05, 0) is 19.1 Å². The Balaban J connectivity index is 1.90. The van der Waals surface area contributed by atoms with Crippen molar-refractivity contribution in [3.63, 3.8) is 0 Å². The molecule has 3 nitrogen and oxygen atoms in total. The standard InChI is InChI=1S/C13H12ClN3/c1-8-2-4-10-12(6-8)17-13(16-10)11-5-3-9(14)7-15-11/h2-7,10,12H,1H3,(H,16,17). The summed E-state index contributed by atoms with van der Waals surface area (Å²) in [6.45, 7) is 2.08. The van der Waals surface area contributed by atoms with Crippen LogP contribution in [0.3, 0.4) is 0 Å². The van der Waals surface area contributed by atoms with Crippen LogP contribution in [0.4, 0.5) is 0 Å².